The SMILES string of the molecule is CCCC#CCCC=NOC. The summed E-state index contributed by atoms with van der Waals surface area (Å²) in [4.78, 5) is 4.49. The molecule has 62 valence electrons. The summed E-state index contributed by atoms with van der Waals surface area (Å²) in [6.07, 6.45) is 5.64. The maximum atomic E-state index is 4.49. The zero-order chi connectivity index (χ0) is 8.36. The second-order valence-electron chi connectivity index (χ2n) is 2.11. The Balaban J connectivity index is 3.14. The van der Waals surface area contributed by atoms with Crippen LogP contribution in [0.5, 0.6) is 0 Å². The van der Waals surface area contributed by atoms with E-state index in [2.05, 4.69) is 28.8 Å². The van der Waals surface area contributed by atoms with Gasteiger partial charge in [-0.2, -0.15) is 0 Å². The van der Waals surface area contributed by atoms with Crippen LogP contribution in [0.15, 0.2) is 5.16 Å². The molecule has 0 atom stereocenters. The van der Waals surface area contributed by atoms with E-state index in [0.29, 0.717) is 0 Å². The van der Waals surface area contributed by atoms with Gasteiger partial charge in [-0.15, -0.1) is 11.8 Å². The first-order valence-electron chi connectivity index (χ1n) is 3.92. The first-order chi connectivity index (χ1) is 5.41. The third kappa shape index (κ3) is 9.03. The van der Waals surface area contributed by atoms with Crippen molar-refractivity contribution in [2.24, 2.45) is 5.16 Å². The second-order valence-corrected chi connectivity index (χ2v) is 2.11. The van der Waals surface area contributed by atoms with Gasteiger partial charge in [0.15, 0.2) is 0 Å². The van der Waals surface area contributed by atoms with E-state index in [-0.39, 0.29) is 0 Å². The number of rotatable bonds is 4. The molecule has 0 saturated carbocycles. The quantitative estimate of drug-likeness (QED) is 0.262. The molecular weight excluding hydrogens is 138 g/mol. The van der Waals surface area contributed by atoms with Crippen LogP contribution in [0.3, 0.4) is 0 Å². The molecule has 11 heavy (non-hydrogen) atoms. The summed E-state index contributed by atoms with van der Waals surface area (Å²) < 4.78 is 0. The Labute approximate surface area is 68.6 Å². The molecule has 0 N–H and O–H groups in total. The minimum absolute atomic E-state index is 0.880. The normalized spacial score (nSPS) is 9.27. The average Bonchev–Trinajstić information content (AvgIpc) is 2.03. The summed E-state index contributed by atoms with van der Waals surface area (Å²) in [5.74, 6) is 6.11. The molecule has 0 fully saturated rings. The van der Waals surface area contributed by atoms with Crippen LogP contribution < -0.4 is 0 Å². The summed E-state index contributed by atoms with van der Waals surface area (Å²) in [6.45, 7) is 2.13. The highest BCUT2D eigenvalue weighted by molar-refractivity contribution is 5.56. The molecule has 0 rings (SSSR count). The van der Waals surface area contributed by atoms with E-state index in [1.807, 2.05) is 0 Å². The lowest BCUT2D eigenvalue weighted by atomic mass is 10.3. The summed E-state index contributed by atoms with van der Waals surface area (Å²) in [5.41, 5.74) is 0. The van der Waals surface area contributed by atoms with Gasteiger partial charge in [0.25, 0.3) is 0 Å². The number of oxime groups is 1. The minimum Gasteiger partial charge on any atom is -0.399 e. The largest absolute Gasteiger partial charge is 0.399 e. The van der Waals surface area contributed by atoms with Gasteiger partial charge in [-0.3, -0.25) is 0 Å². The molecule has 0 amide bonds. The fraction of sp³-hybridized carbons (Fsp3) is 0.667. The molecule has 2 heteroatoms. The van der Waals surface area contributed by atoms with Crippen molar-refractivity contribution in [3.8, 4) is 11.8 Å². The van der Waals surface area contributed by atoms with Gasteiger partial charge < -0.3 is 4.84 Å². The molecule has 0 aromatic heterocycles. The van der Waals surface area contributed by atoms with Crippen LogP contribution in [-0.2, 0) is 4.84 Å². The zero-order valence-electron chi connectivity index (χ0n) is 7.26. The van der Waals surface area contributed by atoms with Crippen molar-refractivity contribution < 1.29 is 4.84 Å². The van der Waals surface area contributed by atoms with Gasteiger partial charge >= 0.3 is 0 Å². The molecule has 0 radical (unpaired) electrons. The van der Waals surface area contributed by atoms with E-state index < -0.39 is 0 Å². The van der Waals surface area contributed by atoms with Crippen LogP contribution >= 0.6 is 0 Å². The Kier molecular flexibility index (Phi) is 8.23. The fourth-order valence-electron chi connectivity index (χ4n) is 0.566. The molecule has 2 nitrogen and oxygen atoms in total. The molecular formula is C9H15NO. The Morgan fingerprint density at radius 3 is 2.73 bits per heavy atom. The van der Waals surface area contributed by atoms with Crippen molar-refractivity contribution in [2.45, 2.75) is 32.6 Å². The summed E-state index contributed by atoms with van der Waals surface area (Å²) in [5, 5.41) is 3.60. The lowest BCUT2D eigenvalue weighted by Gasteiger charge is -1.83. The van der Waals surface area contributed by atoms with Crippen LogP contribution in [0.4, 0.5) is 0 Å². The monoisotopic (exact) mass is 153 g/mol. The smallest absolute Gasteiger partial charge is 0.106 e. The van der Waals surface area contributed by atoms with Gasteiger partial charge in [-0.25, -0.2) is 0 Å². The predicted molar refractivity (Wildman–Crippen MR) is 47.4 cm³/mol. The van der Waals surface area contributed by atoms with Crippen molar-refractivity contribution in [3.05, 3.63) is 0 Å². The molecule has 0 bridgehead atoms. The van der Waals surface area contributed by atoms with Crippen LogP contribution in [-0.4, -0.2) is 13.3 Å². The molecule has 0 spiro atoms. The maximum absolute atomic E-state index is 4.49. The first kappa shape index (κ1) is 10.0. The Morgan fingerprint density at radius 1 is 1.36 bits per heavy atom. The number of unbranched alkanes of at least 4 members (excludes halogenated alkanes) is 2. The molecule has 0 saturated heterocycles. The molecule has 0 aromatic carbocycles. The Bertz CT molecular complexity index is 153. The van der Waals surface area contributed by atoms with E-state index in [9.17, 15) is 0 Å². The van der Waals surface area contributed by atoms with Gasteiger partial charge in [0.2, 0.25) is 0 Å². The Hall–Kier alpha value is -0.970. The zero-order valence-corrected chi connectivity index (χ0v) is 7.26. The van der Waals surface area contributed by atoms with E-state index in [1.165, 1.54) is 0 Å². The van der Waals surface area contributed by atoms with Crippen LogP contribution in [0.25, 0.3) is 0 Å². The van der Waals surface area contributed by atoms with Crippen molar-refractivity contribution in [3.63, 3.8) is 0 Å². The van der Waals surface area contributed by atoms with E-state index >= 15 is 0 Å². The third-order valence-electron chi connectivity index (χ3n) is 1.08. The Morgan fingerprint density at radius 2 is 2.09 bits per heavy atom. The van der Waals surface area contributed by atoms with Gasteiger partial charge in [0, 0.05) is 19.1 Å². The third-order valence-corrected chi connectivity index (χ3v) is 1.08. The molecule has 0 aliphatic rings. The van der Waals surface area contributed by atoms with Gasteiger partial charge in [-0.05, 0) is 12.8 Å². The van der Waals surface area contributed by atoms with Gasteiger partial charge in [0.1, 0.15) is 7.11 Å². The van der Waals surface area contributed by atoms with Crippen molar-refractivity contribution in [1.29, 1.82) is 0 Å². The maximum Gasteiger partial charge on any atom is 0.106 e. The molecule has 0 aliphatic heterocycles. The highest BCUT2D eigenvalue weighted by atomic mass is 16.6. The molecule has 0 aliphatic carbocycles. The van der Waals surface area contributed by atoms with Crippen LogP contribution in [0.1, 0.15) is 32.6 Å². The van der Waals surface area contributed by atoms with Gasteiger partial charge in [0.05, 0.1) is 0 Å². The van der Waals surface area contributed by atoms with E-state index in [1.54, 1.807) is 13.3 Å². The second kappa shape index (κ2) is 9.03. The average molecular weight is 153 g/mol. The molecule has 0 aromatic rings. The van der Waals surface area contributed by atoms with Crippen molar-refractivity contribution in [1.82, 2.24) is 0 Å². The number of nitrogens with zero attached hydrogens (tertiary/aromatic N) is 1. The first-order valence-corrected chi connectivity index (χ1v) is 3.92. The van der Waals surface area contributed by atoms with Crippen molar-refractivity contribution >= 4 is 6.21 Å². The number of hydrogen-bond acceptors (Lipinski definition) is 2. The predicted octanol–water partition coefficient (Wildman–Crippen LogP) is 2.20. The van der Waals surface area contributed by atoms with E-state index in [0.717, 1.165) is 25.7 Å². The lowest BCUT2D eigenvalue weighted by Crippen LogP contribution is -1.75. The fourth-order valence-corrected chi connectivity index (χ4v) is 0.566. The minimum atomic E-state index is 0.880. The van der Waals surface area contributed by atoms with E-state index in [4.69, 9.17) is 0 Å². The topological polar surface area (TPSA) is 21.6 Å². The summed E-state index contributed by atoms with van der Waals surface area (Å²) in [6, 6.07) is 0. The molecule has 0 heterocycles. The summed E-state index contributed by atoms with van der Waals surface area (Å²) in [7, 11) is 1.54. The lowest BCUT2D eigenvalue weighted by molar-refractivity contribution is 0.214. The van der Waals surface area contributed by atoms with Crippen molar-refractivity contribution in [2.75, 3.05) is 7.11 Å². The van der Waals surface area contributed by atoms with Crippen LogP contribution in [0.2, 0.25) is 0 Å². The standard InChI is InChI=1S/C9H15NO/c1-3-4-5-6-7-8-9-10-11-2/h9H,3-4,7-8H2,1-2H3. The van der Waals surface area contributed by atoms with Crippen LogP contribution in [0, 0.1) is 11.8 Å². The highest BCUT2D eigenvalue weighted by Gasteiger charge is 1.75. The number of hydrogen-bond donors (Lipinski definition) is 0. The molecule has 0 unspecified atom stereocenters. The van der Waals surface area contributed by atoms with Gasteiger partial charge in [-0.1, -0.05) is 12.1 Å². The summed E-state index contributed by atoms with van der Waals surface area (Å²) >= 11 is 0. The highest BCUT2D eigenvalue weighted by Crippen LogP contribution is 1.85.